The molecule has 3 fully saturated rings. The molecule has 1 heterocycles. The van der Waals surface area contributed by atoms with Crippen LogP contribution in [-0.2, 0) is 13.0 Å². The third-order valence-corrected chi connectivity index (χ3v) is 8.76. The van der Waals surface area contributed by atoms with Crippen LogP contribution in [-0.4, -0.2) is 31.8 Å². The first kappa shape index (κ1) is 28.3. The fourth-order valence-electron chi connectivity index (χ4n) is 6.40. The summed E-state index contributed by atoms with van der Waals surface area (Å²) in [6.07, 6.45) is -2.11. The van der Waals surface area contributed by atoms with Gasteiger partial charge in [-0.05, 0) is 109 Å². The lowest BCUT2D eigenvalue weighted by Crippen LogP contribution is -2.66. The Morgan fingerprint density at radius 1 is 1.05 bits per heavy atom. The molecule has 2 N–H and O–H groups in total. The molecule has 0 aliphatic heterocycles. The highest BCUT2D eigenvalue weighted by Crippen LogP contribution is 2.57. The summed E-state index contributed by atoms with van der Waals surface area (Å²) in [5.74, 6) is 0.888. The van der Waals surface area contributed by atoms with Crippen LogP contribution in [0.4, 0.5) is 17.6 Å². The Hall–Kier alpha value is -3.85. The molecule has 3 aliphatic rings. The van der Waals surface area contributed by atoms with Gasteiger partial charge in [-0.1, -0.05) is 0 Å². The lowest BCUT2D eigenvalue weighted by molar-refractivity contribution is -0.133. The maximum atomic E-state index is 13.7. The summed E-state index contributed by atoms with van der Waals surface area (Å²) >= 11 is 0. The minimum atomic E-state index is -4.35. The fraction of sp³-hybridized carbons (Fsp3) is 0.364. The maximum Gasteiger partial charge on any atom is 0.389 e. The van der Waals surface area contributed by atoms with E-state index < -0.39 is 24.3 Å². The molecular formula is C33H32F4N2O3. The van der Waals surface area contributed by atoms with Gasteiger partial charge < -0.3 is 19.8 Å². The standard InChI is InChI=1S/C33H32F4N2O3/c1-18-10-27(41-3)22(17-39-32-14-19(15-32)16-32)11-24(18)25-13-26-28(12-21(25)8-9-33(35,36)37)42-30(29(26)31(40)38-2)20-4-6-23(34)7-5-20/h4-7,10-13,19,39H,8-9,14-17H2,1-3H3,(H,38,40). The van der Waals surface area contributed by atoms with Gasteiger partial charge in [-0.25, -0.2) is 4.39 Å². The van der Waals surface area contributed by atoms with Gasteiger partial charge in [-0.2, -0.15) is 13.2 Å². The molecule has 42 heavy (non-hydrogen) atoms. The number of benzene rings is 3. The molecule has 2 bridgehead atoms. The van der Waals surface area contributed by atoms with Crippen molar-refractivity contribution in [2.45, 2.75) is 57.3 Å². The van der Waals surface area contributed by atoms with Crippen LogP contribution in [0.15, 0.2) is 52.9 Å². The summed E-state index contributed by atoms with van der Waals surface area (Å²) in [7, 11) is 3.10. The van der Waals surface area contributed by atoms with Gasteiger partial charge >= 0.3 is 6.18 Å². The number of alkyl halides is 3. The topological polar surface area (TPSA) is 63.5 Å². The molecule has 4 aromatic rings. The Labute approximate surface area is 241 Å². The second kappa shape index (κ2) is 10.5. The van der Waals surface area contributed by atoms with Crippen molar-refractivity contribution in [1.29, 1.82) is 0 Å². The van der Waals surface area contributed by atoms with E-state index in [9.17, 15) is 22.4 Å². The number of rotatable bonds is 9. The van der Waals surface area contributed by atoms with Crippen LogP contribution in [0.1, 0.15) is 52.7 Å². The van der Waals surface area contributed by atoms with E-state index in [0.29, 0.717) is 34.4 Å². The van der Waals surface area contributed by atoms with Crippen LogP contribution in [0.5, 0.6) is 5.75 Å². The third kappa shape index (κ3) is 5.15. The Kier molecular flexibility index (Phi) is 7.04. The Bertz CT molecular complexity index is 1660. The maximum absolute atomic E-state index is 13.7. The van der Waals surface area contributed by atoms with E-state index in [4.69, 9.17) is 9.15 Å². The molecule has 7 rings (SSSR count). The number of aryl methyl sites for hydroxylation is 2. The minimum absolute atomic E-state index is 0.188. The van der Waals surface area contributed by atoms with Crippen LogP contribution in [0, 0.1) is 18.7 Å². The number of furan rings is 1. The average Bonchev–Trinajstić information content (AvgIpc) is 3.28. The van der Waals surface area contributed by atoms with Crippen LogP contribution >= 0.6 is 0 Å². The quantitative estimate of drug-likeness (QED) is 0.199. The van der Waals surface area contributed by atoms with E-state index in [1.807, 2.05) is 19.1 Å². The smallest absolute Gasteiger partial charge is 0.389 e. The molecule has 1 amide bonds. The molecule has 0 radical (unpaired) electrons. The predicted octanol–water partition coefficient (Wildman–Crippen LogP) is 7.72. The number of carbonyl (C=O) groups excluding carboxylic acids is 1. The number of amides is 1. The highest BCUT2D eigenvalue weighted by Gasteiger charge is 2.56. The lowest BCUT2D eigenvalue weighted by Gasteiger charge is -2.62. The lowest BCUT2D eigenvalue weighted by atomic mass is 9.50. The van der Waals surface area contributed by atoms with Crippen molar-refractivity contribution < 1.29 is 31.5 Å². The number of hydrogen-bond donors (Lipinski definition) is 2. The normalized spacial score (nSPS) is 19.4. The summed E-state index contributed by atoms with van der Waals surface area (Å²) in [5, 5.41) is 6.77. The minimum Gasteiger partial charge on any atom is -0.496 e. The van der Waals surface area contributed by atoms with Crippen molar-refractivity contribution in [2.24, 2.45) is 5.92 Å². The number of fused-ring (bicyclic) bond motifs is 1. The molecule has 1 aromatic heterocycles. The summed E-state index contributed by atoms with van der Waals surface area (Å²) in [6, 6.07) is 12.8. The second-order valence-corrected chi connectivity index (χ2v) is 11.6. The Morgan fingerprint density at radius 3 is 2.36 bits per heavy atom. The summed E-state index contributed by atoms with van der Waals surface area (Å²) in [6.45, 7) is 2.47. The van der Waals surface area contributed by atoms with E-state index in [2.05, 4.69) is 10.6 Å². The van der Waals surface area contributed by atoms with E-state index >= 15 is 0 Å². The second-order valence-electron chi connectivity index (χ2n) is 11.6. The molecule has 3 saturated carbocycles. The van der Waals surface area contributed by atoms with Crippen molar-refractivity contribution >= 4 is 16.9 Å². The first-order valence-corrected chi connectivity index (χ1v) is 14.1. The molecule has 0 unspecified atom stereocenters. The van der Waals surface area contributed by atoms with Gasteiger partial charge in [0.15, 0.2) is 0 Å². The molecule has 0 atom stereocenters. The SMILES string of the molecule is CNC(=O)c1c(-c2ccc(F)cc2)oc2cc(CCC(F)(F)F)c(-c3cc(CNC45CC(C4)C5)c(OC)cc3C)cc12. The van der Waals surface area contributed by atoms with Crippen LogP contribution in [0.3, 0.4) is 0 Å². The molecule has 5 nitrogen and oxygen atoms in total. The Balaban J connectivity index is 1.51. The largest absolute Gasteiger partial charge is 0.496 e. The summed E-state index contributed by atoms with van der Waals surface area (Å²) in [4.78, 5) is 13.1. The van der Waals surface area contributed by atoms with Gasteiger partial charge in [-0.15, -0.1) is 0 Å². The van der Waals surface area contributed by atoms with Crippen LogP contribution in [0.25, 0.3) is 33.4 Å². The summed E-state index contributed by atoms with van der Waals surface area (Å²) < 4.78 is 65.7. The number of nitrogens with one attached hydrogen (secondary N) is 2. The first-order chi connectivity index (χ1) is 20.0. The molecule has 3 aliphatic carbocycles. The molecule has 0 spiro atoms. The third-order valence-electron chi connectivity index (χ3n) is 8.76. The average molecular weight is 581 g/mol. The fourth-order valence-corrected chi connectivity index (χ4v) is 6.40. The zero-order valence-corrected chi connectivity index (χ0v) is 23.7. The number of ether oxygens (including phenoxy) is 1. The van der Waals surface area contributed by atoms with E-state index in [-0.39, 0.29) is 28.9 Å². The number of carbonyl (C=O) groups is 1. The highest BCUT2D eigenvalue weighted by atomic mass is 19.4. The van der Waals surface area contributed by atoms with Gasteiger partial charge in [0, 0.05) is 42.1 Å². The van der Waals surface area contributed by atoms with Crippen molar-refractivity contribution in [1.82, 2.24) is 10.6 Å². The van der Waals surface area contributed by atoms with E-state index in [1.54, 1.807) is 19.2 Å². The number of halogens is 4. The van der Waals surface area contributed by atoms with Crippen molar-refractivity contribution in [3.05, 3.63) is 76.6 Å². The molecule has 0 saturated heterocycles. The molecule has 3 aromatic carbocycles. The van der Waals surface area contributed by atoms with Crippen molar-refractivity contribution in [3.63, 3.8) is 0 Å². The monoisotopic (exact) mass is 580 g/mol. The predicted molar refractivity (Wildman–Crippen MR) is 153 cm³/mol. The van der Waals surface area contributed by atoms with Crippen molar-refractivity contribution in [2.75, 3.05) is 14.2 Å². The summed E-state index contributed by atoms with van der Waals surface area (Å²) in [5.41, 5.74) is 4.74. The zero-order chi connectivity index (χ0) is 29.8. The Morgan fingerprint density at radius 2 is 1.76 bits per heavy atom. The van der Waals surface area contributed by atoms with E-state index in [1.165, 1.54) is 50.6 Å². The number of hydrogen-bond acceptors (Lipinski definition) is 4. The van der Waals surface area contributed by atoms with Crippen LogP contribution < -0.4 is 15.4 Å². The zero-order valence-electron chi connectivity index (χ0n) is 23.7. The van der Waals surface area contributed by atoms with Crippen LogP contribution in [0.2, 0.25) is 0 Å². The van der Waals surface area contributed by atoms with Gasteiger partial charge in [0.25, 0.3) is 5.91 Å². The highest BCUT2D eigenvalue weighted by molar-refractivity contribution is 6.12. The molecular weight excluding hydrogens is 548 g/mol. The first-order valence-electron chi connectivity index (χ1n) is 14.1. The van der Waals surface area contributed by atoms with Gasteiger partial charge in [0.05, 0.1) is 12.7 Å². The van der Waals surface area contributed by atoms with Gasteiger partial charge in [0.2, 0.25) is 0 Å². The molecule has 9 heteroatoms. The van der Waals surface area contributed by atoms with E-state index in [0.717, 1.165) is 22.6 Å². The van der Waals surface area contributed by atoms with Gasteiger partial charge in [-0.3, -0.25) is 4.79 Å². The van der Waals surface area contributed by atoms with Gasteiger partial charge in [0.1, 0.15) is 22.9 Å². The number of methoxy groups -OCH3 is 1. The molecule has 220 valence electrons. The van der Waals surface area contributed by atoms with Crippen molar-refractivity contribution in [3.8, 4) is 28.2 Å².